The van der Waals surface area contributed by atoms with E-state index in [-0.39, 0.29) is 0 Å². The molecule has 2 aromatic rings. The monoisotopic (exact) mass is 364 g/mol. The molecule has 1 N–H and O–H groups in total. The molecule has 0 saturated carbocycles. The first kappa shape index (κ1) is 19.2. The zero-order chi connectivity index (χ0) is 19.1. The lowest BCUT2D eigenvalue weighted by atomic mass is 9.90. The van der Waals surface area contributed by atoms with Gasteiger partial charge in [-0.3, -0.25) is 0 Å². The third-order valence-corrected chi connectivity index (χ3v) is 4.60. The van der Waals surface area contributed by atoms with Crippen molar-refractivity contribution in [3.05, 3.63) is 48.0 Å². The van der Waals surface area contributed by atoms with Crippen molar-refractivity contribution in [3.63, 3.8) is 0 Å². The predicted molar refractivity (Wildman–Crippen MR) is 97.4 cm³/mol. The summed E-state index contributed by atoms with van der Waals surface area (Å²) < 4.78 is 39.7. The highest BCUT2D eigenvalue weighted by Gasteiger charge is 2.50. The summed E-state index contributed by atoms with van der Waals surface area (Å²) in [5.74, 6) is -3.17. The Morgan fingerprint density at radius 3 is 2.31 bits per heavy atom. The zero-order valence-electron chi connectivity index (χ0n) is 15.6. The van der Waals surface area contributed by atoms with Crippen LogP contribution >= 0.6 is 0 Å². The van der Waals surface area contributed by atoms with E-state index in [9.17, 15) is 13.9 Å². The standard InChI is InChI=1S/C21H26F2O3/c1-20(2,3)26-17-12-16(25-19(18(17)24)21(4,22)23)15-10-9-13-7-5-6-8-14(13)11-15/h5-11,16-19,24H,12H2,1-4H3/t16-,17-,18+,19+/m0/s1. The van der Waals surface area contributed by atoms with Gasteiger partial charge in [-0.1, -0.05) is 36.4 Å². The van der Waals surface area contributed by atoms with Crippen LogP contribution in [0.5, 0.6) is 0 Å². The number of benzene rings is 2. The summed E-state index contributed by atoms with van der Waals surface area (Å²) in [6.07, 6.45) is -3.96. The molecule has 0 aromatic heterocycles. The van der Waals surface area contributed by atoms with E-state index in [1.54, 1.807) is 0 Å². The fourth-order valence-corrected chi connectivity index (χ4v) is 3.47. The largest absolute Gasteiger partial charge is 0.387 e. The van der Waals surface area contributed by atoms with Crippen molar-refractivity contribution < 1.29 is 23.4 Å². The van der Waals surface area contributed by atoms with Crippen LogP contribution in [-0.2, 0) is 9.47 Å². The number of halogens is 2. The maximum atomic E-state index is 14.1. The van der Waals surface area contributed by atoms with E-state index >= 15 is 0 Å². The van der Waals surface area contributed by atoms with Crippen molar-refractivity contribution in [1.29, 1.82) is 0 Å². The number of alkyl halides is 2. The van der Waals surface area contributed by atoms with Crippen molar-refractivity contribution >= 4 is 10.8 Å². The van der Waals surface area contributed by atoms with E-state index in [1.165, 1.54) is 0 Å². The molecule has 0 amide bonds. The van der Waals surface area contributed by atoms with Gasteiger partial charge in [0.15, 0.2) is 0 Å². The van der Waals surface area contributed by atoms with Crippen molar-refractivity contribution in [2.24, 2.45) is 0 Å². The van der Waals surface area contributed by atoms with Crippen LogP contribution in [0.2, 0.25) is 0 Å². The third kappa shape index (κ3) is 4.22. The predicted octanol–water partition coefficient (Wildman–Crippen LogP) is 4.87. The fraction of sp³-hybridized carbons (Fsp3) is 0.524. The molecule has 1 aliphatic heterocycles. The Bertz CT molecular complexity index is 764. The number of rotatable bonds is 3. The highest BCUT2D eigenvalue weighted by Crippen LogP contribution is 2.40. The normalized spacial score (nSPS) is 27.7. The van der Waals surface area contributed by atoms with Gasteiger partial charge in [-0.2, -0.15) is 0 Å². The minimum absolute atomic E-state index is 0.323. The minimum atomic E-state index is -3.17. The molecule has 2 aromatic carbocycles. The molecule has 3 rings (SSSR count). The SMILES string of the molecule is CC(C)(C)O[C@H]1C[C@@H](c2ccc3ccccc3c2)O[C@@H](C(C)(F)F)[C@@H]1O. The van der Waals surface area contributed by atoms with Gasteiger partial charge in [-0.25, -0.2) is 8.78 Å². The number of aliphatic hydroxyl groups is 1. The summed E-state index contributed by atoms with van der Waals surface area (Å²) in [6, 6.07) is 13.7. The van der Waals surface area contributed by atoms with Gasteiger partial charge < -0.3 is 14.6 Å². The van der Waals surface area contributed by atoms with Gasteiger partial charge in [0, 0.05) is 13.3 Å². The molecule has 0 unspecified atom stereocenters. The molecule has 1 fully saturated rings. The lowest BCUT2D eigenvalue weighted by Gasteiger charge is -2.43. The van der Waals surface area contributed by atoms with Crippen molar-refractivity contribution in [1.82, 2.24) is 0 Å². The Labute approximate surface area is 152 Å². The summed E-state index contributed by atoms with van der Waals surface area (Å²) >= 11 is 0. The van der Waals surface area contributed by atoms with Gasteiger partial charge in [0.2, 0.25) is 0 Å². The number of hydrogen-bond donors (Lipinski definition) is 1. The van der Waals surface area contributed by atoms with Crippen LogP contribution in [0.3, 0.4) is 0 Å². The van der Waals surface area contributed by atoms with Crippen LogP contribution < -0.4 is 0 Å². The Kier molecular flexibility index (Phi) is 5.08. The van der Waals surface area contributed by atoms with E-state index < -0.39 is 35.9 Å². The average Bonchev–Trinajstić information content (AvgIpc) is 2.54. The lowest BCUT2D eigenvalue weighted by molar-refractivity contribution is -0.261. The Morgan fingerprint density at radius 1 is 1.04 bits per heavy atom. The summed E-state index contributed by atoms with van der Waals surface area (Å²) in [6.45, 7) is 6.32. The van der Waals surface area contributed by atoms with Crippen LogP contribution in [0, 0.1) is 0 Å². The van der Waals surface area contributed by atoms with Crippen LogP contribution in [0.1, 0.15) is 45.8 Å². The van der Waals surface area contributed by atoms with Gasteiger partial charge in [0.25, 0.3) is 5.92 Å². The molecule has 0 bridgehead atoms. The van der Waals surface area contributed by atoms with Crippen LogP contribution in [-0.4, -0.2) is 34.9 Å². The Morgan fingerprint density at radius 2 is 1.69 bits per heavy atom. The first-order chi connectivity index (χ1) is 12.0. The van der Waals surface area contributed by atoms with Gasteiger partial charge >= 0.3 is 0 Å². The molecule has 4 atom stereocenters. The molecule has 1 heterocycles. The maximum absolute atomic E-state index is 14.1. The van der Waals surface area contributed by atoms with Gasteiger partial charge in [0.1, 0.15) is 12.2 Å². The smallest absolute Gasteiger partial charge is 0.273 e. The molecule has 1 saturated heterocycles. The van der Waals surface area contributed by atoms with Crippen molar-refractivity contribution in [2.75, 3.05) is 0 Å². The summed E-state index contributed by atoms with van der Waals surface area (Å²) in [5.41, 5.74) is 0.261. The molecular formula is C21H26F2O3. The molecule has 3 nitrogen and oxygen atoms in total. The molecule has 0 spiro atoms. The number of ether oxygens (including phenoxy) is 2. The van der Waals surface area contributed by atoms with Gasteiger partial charge in [0.05, 0.1) is 17.8 Å². The van der Waals surface area contributed by atoms with Crippen molar-refractivity contribution in [2.45, 2.75) is 70.1 Å². The van der Waals surface area contributed by atoms with E-state index in [1.807, 2.05) is 63.2 Å². The van der Waals surface area contributed by atoms with E-state index in [4.69, 9.17) is 9.47 Å². The number of hydrogen-bond acceptors (Lipinski definition) is 3. The van der Waals surface area contributed by atoms with E-state index in [0.29, 0.717) is 6.42 Å². The summed E-state index contributed by atoms with van der Waals surface area (Å²) in [7, 11) is 0. The molecule has 0 radical (unpaired) electrons. The molecule has 5 heteroatoms. The number of fused-ring (bicyclic) bond motifs is 1. The topological polar surface area (TPSA) is 38.7 Å². The second-order valence-corrected chi connectivity index (χ2v) is 8.10. The second kappa shape index (κ2) is 6.87. The van der Waals surface area contributed by atoms with Crippen molar-refractivity contribution in [3.8, 4) is 0 Å². The van der Waals surface area contributed by atoms with E-state index in [0.717, 1.165) is 23.3 Å². The maximum Gasteiger partial charge on any atom is 0.273 e. The van der Waals surface area contributed by atoms with Crippen LogP contribution in [0.25, 0.3) is 10.8 Å². The first-order valence-corrected chi connectivity index (χ1v) is 8.92. The summed E-state index contributed by atoms with van der Waals surface area (Å²) in [4.78, 5) is 0. The summed E-state index contributed by atoms with van der Waals surface area (Å²) in [5, 5.41) is 12.5. The van der Waals surface area contributed by atoms with Gasteiger partial charge in [-0.05, 0) is 43.2 Å². The molecule has 142 valence electrons. The first-order valence-electron chi connectivity index (χ1n) is 8.92. The quantitative estimate of drug-likeness (QED) is 0.844. The fourth-order valence-electron chi connectivity index (χ4n) is 3.47. The zero-order valence-corrected chi connectivity index (χ0v) is 15.6. The number of aliphatic hydroxyl groups excluding tert-OH is 1. The highest BCUT2D eigenvalue weighted by atomic mass is 19.3. The minimum Gasteiger partial charge on any atom is -0.387 e. The highest BCUT2D eigenvalue weighted by molar-refractivity contribution is 5.83. The van der Waals surface area contributed by atoms with Gasteiger partial charge in [-0.15, -0.1) is 0 Å². The molecule has 1 aliphatic rings. The Balaban J connectivity index is 1.94. The van der Waals surface area contributed by atoms with E-state index in [2.05, 4.69) is 0 Å². The average molecular weight is 364 g/mol. The van der Waals surface area contributed by atoms with Crippen LogP contribution in [0.4, 0.5) is 8.78 Å². The third-order valence-electron chi connectivity index (χ3n) is 4.60. The second-order valence-electron chi connectivity index (χ2n) is 8.10. The molecule has 0 aliphatic carbocycles. The molecular weight excluding hydrogens is 338 g/mol. The lowest BCUT2D eigenvalue weighted by Crippen LogP contribution is -2.55. The Hall–Kier alpha value is -1.56. The molecule has 26 heavy (non-hydrogen) atoms. The van der Waals surface area contributed by atoms with Crippen LogP contribution in [0.15, 0.2) is 42.5 Å².